The van der Waals surface area contributed by atoms with Crippen molar-refractivity contribution in [3.63, 3.8) is 0 Å². The van der Waals surface area contributed by atoms with Crippen LogP contribution in [0.2, 0.25) is 0 Å². The second kappa shape index (κ2) is 8.65. The van der Waals surface area contributed by atoms with E-state index in [0.717, 1.165) is 36.8 Å². The normalized spacial score (nSPS) is 14.7. The first-order valence-corrected chi connectivity index (χ1v) is 8.87. The lowest BCUT2D eigenvalue weighted by atomic mass is 10.0. The number of carbonyl (C=O) groups is 1. The molecule has 126 valence electrons. The molecule has 0 aromatic heterocycles. The van der Waals surface area contributed by atoms with E-state index in [1.165, 1.54) is 25.9 Å². The van der Waals surface area contributed by atoms with Crippen LogP contribution in [0.5, 0.6) is 5.75 Å². The number of ether oxygens (including phenoxy) is 1. The van der Waals surface area contributed by atoms with E-state index in [9.17, 15) is 4.79 Å². The van der Waals surface area contributed by atoms with E-state index < -0.39 is 0 Å². The van der Waals surface area contributed by atoms with E-state index in [-0.39, 0.29) is 0 Å². The van der Waals surface area contributed by atoms with Crippen molar-refractivity contribution in [1.29, 1.82) is 0 Å². The molecule has 0 saturated carbocycles. The maximum Gasteiger partial charge on any atom is 0.153 e. The van der Waals surface area contributed by atoms with Crippen LogP contribution in [-0.2, 0) is 0 Å². The fraction of sp³-hybridized carbons (Fsp3) is 0.381. The molecule has 0 spiro atoms. The molecule has 0 unspecified atom stereocenters. The quantitative estimate of drug-likeness (QED) is 0.532. The summed E-state index contributed by atoms with van der Waals surface area (Å²) >= 11 is 0. The third kappa shape index (κ3) is 4.24. The predicted octanol–water partition coefficient (Wildman–Crippen LogP) is 4.42. The number of benzene rings is 2. The standard InChI is InChI=1S/C21H25NO2/c23-17-19-11-8-12-20(18-9-2-1-3-10-18)21(19)24-16-7-6-15-22-13-4-5-14-22/h1-3,8-12,17H,4-7,13-16H2. The number of likely N-dealkylation sites (tertiary alicyclic amines) is 1. The highest BCUT2D eigenvalue weighted by molar-refractivity contribution is 5.86. The van der Waals surface area contributed by atoms with Crippen molar-refractivity contribution in [2.75, 3.05) is 26.2 Å². The molecule has 1 aliphatic heterocycles. The highest BCUT2D eigenvalue weighted by Crippen LogP contribution is 2.32. The summed E-state index contributed by atoms with van der Waals surface area (Å²) in [4.78, 5) is 13.9. The second-order valence-corrected chi connectivity index (χ2v) is 6.31. The molecule has 0 radical (unpaired) electrons. The lowest BCUT2D eigenvalue weighted by Crippen LogP contribution is -2.20. The monoisotopic (exact) mass is 323 g/mol. The van der Waals surface area contributed by atoms with Gasteiger partial charge in [-0.1, -0.05) is 42.5 Å². The topological polar surface area (TPSA) is 29.5 Å². The Morgan fingerprint density at radius 3 is 2.50 bits per heavy atom. The third-order valence-electron chi connectivity index (χ3n) is 4.57. The largest absolute Gasteiger partial charge is 0.492 e. The van der Waals surface area contributed by atoms with Gasteiger partial charge in [-0.15, -0.1) is 0 Å². The molecule has 0 N–H and O–H groups in total. The van der Waals surface area contributed by atoms with Gasteiger partial charge in [-0.3, -0.25) is 4.79 Å². The number of unbranched alkanes of at least 4 members (excludes halogenated alkanes) is 1. The van der Waals surface area contributed by atoms with Crippen LogP contribution in [0.15, 0.2) is 48.5 Å². The van der Waals surface area contributed by atoms with Crippen molar-refractivity contribution >= 4 is 6.29 Å². The highest BCUT2D eigenvalue weighted by Gasteiger charge is 2.12. The molecule has 1 heterocycles. The number of hydrogen-bond donors (Lipinski definition) is 0. The summed E-state index contributed by atoms with van der Waals surface area (Å²) < 4.78 is 6.03. The van der Waals surface area contributed by atoms with Crippen LogP contribution in [0.4, 0.5) is 0 Å². The van der Waals surface area contributed by atoms with Crippen molar-refractivity contribution in [3.05, 3.63) is 54.1 Å². The van der Waals surface area contributed by atoms with Gasteiger partial charge in [0.1, 0.15) is 5.75 Å². The van der Waals surface area contributed by atoms with Gasteiger partial charge >= 0.3 is 0 Å². The minimum Gasteiger partial charge on any atom is -0.492 e. The van der Waals surface area contributed by atoms with Crippen molar-refractivity contribution in [2.24, 2.45) is 0 Å². The van der Waals surface area contributed by atoms with Crippen molar-refractivity contribution in [1.82, 2.24) is 4.90 Å². The maximum atomic E-state index is 11.4. The second-order valence-electron chi connectivity index (χ2n) is 6.31. The summed E-state index contributed by atoms with van der Waals surface area (Å²) in [6.45, 7) is 4.29. The van der Waals surface area contributed by atoms with Crippen LogP contribution >= 0.6 is 0 Å². The SMILES string of the molecule is O=Cc1cccc(-c2ccccc2)c1OCCCCN1CCCC1. The van der Waals surface area contributed by atoms with Gasteiger partial charge in [-0.05, 0) is 56.9 Å². The van der Waals surface area contributed by atoms with Gasteiger partial charge in [-0.2, -0.15) is 0 Å². The van der Waals surface area contributed by atoms with Crippen LogP contribution in [0, 0.1) is 0 Å². The number of para-hydroxylation sites is 1. The zero-order valence-electron chi connectivity index (χ0n) is 14.1. The number of hydrogen-bond acceptors (Lipinski definition) is 3. The molecule has 0 amide bonds. The lowest BCUT2D eigenvalue weighted by molar-refractivity contribution is 0.111. The Hall–Kier alpha value is -2.13. The first-order valence-electron chi connectivity index (χ1n) is 8.87. The highest BCUT2D eigenvalue weighted by atomic mass is 16.5. The first kappa shape index (κ1) is 16.7. The Morgan fingerprint density at radius 2 is 1.75 bits per heavy atom. The molecule has 0 atom stereocenters. The smallest absolute Gasteiger partial charge is 0.153 e. The fourth-order valence-corrected chi connectivity index (χ4v) is 3.27. The van der Waals surface area contributed by atoms with Gasteiger partial charge in [0.2, 0.25) is 0 Å². The Kier molecular flexibility index (Phi) is 6.02. The molecular weight excluding hydrogens is 298 g/mol. The average Bonchev–Trinajstić information content (AvgIpc) is 3.15. The number of aldehydes is 1. The third-order valence-corrected chi connectivity index (χ3v) is 4.57. The number of nitrogens with zero attached hydrogens (tertiary/aromatic N) is 1. The van der Waals surface area contributed by atoms with Gasteiger partial charge in [0, 0.05) is 5.56 Å². The molecule has 1 aliphatic rings. The van der Waals surface area contributed by atoms with Crippen molar-refractivity contribution in [3.8, 4) is 16.9 Å². The number of carbonyl (C=O) groups excluding carboxylic acids is 1. The van der Waals surface area contributed by atoms with E-state index >= 15 is 0 Å². The van der Waals surface area contributed by atoms with E-state index in [4.69, 9.17) is 4.74 Å². The summed E-state index contributed by atoms with van der Waals surface area (Å²) in [6, 6.07) is 15.8. The molecule has 1 fully saturated rings. The van der Waals surface area contributed by atoms with Crippen molar-refractivity contribution in [2.45, 2.75) is 25.7 Å². The van der Waals surface area contributed by atoms with Crippen molar-refractivity contribution < 1.29 is 9.53 Å². The van der Waals surface area contributed by atoms with Gasteiger partial charge in [-0.25, -0.2) is 0 Å². The van der Waals surface area contributed by atoms with Gasteiger partial charge in [0.15, 0.2) is 6.29 Å². The summed E-state index contributed by atoms with van der Waals surface area (Å²) in [5.74, 6) is 0.708. The Balaban J connectivity index is 1.62. The van der Waals surface area contributed by atoms with Crippen LogP contribution < -0.4 is 4.74 Å². The zero-order chi connectivity index (χ0) is 16.6. The summed E-state index contributed by atoms with van der Waals surface area (Å²) in [5, 5.41) is 0. The summed E-state index contributed by atoms with van der Waals surface area (Å²) in [7, 11) is 0. The molecule has 0 bridgehead atoms. The maximum absolute atomic E-state index is 11.4. The minimum atomic E-state index is 0.621. The summed E-state index contributed by atoms with van der Waals surface area (Å²) in [6.07, 6.45) is 5.71. The molecule has 3 rings (SSSR count). The van der Waals surface area contributed by atoms with E-state index in [0.29, 0.717) is 17.9 Å². The molecular formula is C21H25NO2. The molecule has 3 heteroatoms. The Labute approximate surface area is 144 Å². The van der Waals surface area contributed by atoms with Crippen LogP contribution in [-0.4, -0.2) is 37.4 Å². The molecule has 24 heavy (non-hydrogen) atoms. The van der Waals surface area contributed by atoms with Gasteiger partial charge < -0.3 is 9.64 Å². The predicted molar refractivity (Wildman–Crippen MR) is 97.7 cm³/mol. The average molecular weight is 323 g/mol. The molecule has 3 nitrogen and oxygen atoms in total. The molecule has 1 saturated heterocycles. The van der Waals surface area contributed by atoms with Gasteiger partial charge in [0.05, 0.1) is 12.2 Å². The zero-order valence-corrected chi connectivity index (χ0v) is 14.1. The summed E-state index contributed by atoms with van der Waals surface area (Å²) in [5.41, 5.74) is 2.68. The van der Waals surface area contributed by atoms with E-state index in [1.54, 1.807) is 0 Å². The van der Waals surface area contributed by atoms with E-state index in [2.05, 4.69) is 4.90 Å². The van der Waals surface area contributed by atoms with Gasteiger partial charge in [0.25, 0.3) is 0 Å². The minimum absolute atomic E-state index is 0.621. The van der Waals surface area contributed by atoms with Crippen LogP contribution in [0.25, 0.3) is 11.1 Å². The fourth-order valence-electron chi connectivity index (χ4n) is 3.27. The Morgan fingerprint density at radius 1 is 0.958 bits per heavy atom. The molecule has 2 aromatic carbocycles. The molecule has 0 aliphatic carbocycles. The van der Waals surface area contributed by atoms with Crippen LogP contribution in [0.3, 0.4) is 0 Å². The van der Waals surface area contributed by atoms with E-state index in [1.807, 2.05) is 48.5 Å². The van der Waals surface area contributed by atoms with Crippen LogP contribution in [0.1, 0.15) is 36.0 Å². The Bertz CT molecular complexity index is 648. The lowest BCUT2D eigenvalue weighted by Gasteiger charge is -2.16. The first-order chi connectivity index (χ1) is 11.9. The number of rotatable bonds is 8. The molecule has 2 aromatic rings.